The van der Waals surface area contributed by atoms with E-state index in [0.29, 0.717) is 9.66 Å². The van der Waals surface area contributed by atoms with Gasteiger partial charge in [-0.15, -0.1) is 0 Å². The number of amides is 1. The number of nitrogens with one attached hydrogen (secondary N) is 1. The molecule has 0 unspecified atom stereocenters. The number of halogens is 1. The van der Waals surface area contributed by atoms with Gasteiger partial charge in [-0.25, -0.2) is 0 Å². The summed E-state index contributed by atoms with van der Waals surface area (Å²) in [4.78, 5) is 12.7. The van der Waals surface area contributed by atoms with E-state index in [0.717, 1.165) is 38.5 Å². The van der Waals surface area contributed by atoms with Gasteiger partial charge in [0.15, 0.2) is 10.4 Å². The van der Waals surface area contributed by atoms with Crippen molar-refractivity contribution < 1.29 is 9.21 Å². The van der Waals surface area contributed by atoms with E-state index in [1.54, 1.807) is 12.1 Å². The molecular weight excluding hydrogens is 340 g/mol. The molecule has 0 spiro atoms. The molecule has 0 bridgehead atoms. The van der Waals surface area contributed by atoms with Gasteiger partial charge in [-0.2, -0.15) is 0 Å². The Morgan fingerprint density at radius 3 is 2.35 bits per heavy atom. The van der Waals surface area contributed by atoms with Crippen LogP contribution in [-0.2, 0) is 0 Å². The number of furan rings is 1. The lowest BCUT2D eigenvalue weighted by Gasteiger charge is -2.35. The minimum Gasteiger partial charge on any atom is -0.444 e. The molecule has 0 atom stereocenters. The van der Waals surface area contributed by atoms with Crippen LogP contribution >= 0.6 is 28.1 Å². The number of rotatable bonds is 3. The van der Waals surface area contributed by atoms with E-state index in [1.165, 1.54) is 6.42 Å². The minimum atomic E-state index is -0.577. The van der Waals surface area contributed by atoms with Gasteiger partial charge in [0.05, 0.1) is 10.5 Å². The Kier molecular flexibility index (Phi) is 5.21. The van der Waals surface area contributed by atoms with Crippen molar-refractivity contribution in [3.05, 3.63) is 22.6 Å². The molecule has 2 rings (SSSR count). The maximum atomic E-state index is 12.3. The van der Waals surface area contributed by atoms with Crippen molar-refractivity contribution in [3.63, 3.8) is 0 Å². The molecular formula is C14H19BrN2O2S. The van der Waals surface area contributed by atoms with Crippen molar-refractivity contribution in [2.75, 3.05) is 0 Å². The van der Waals surface area contributed by atoms with Crippen LogP contribution in [0.3, 0.4) is 0 Å². The highest BCUT2D eigenvalue weighted by Gasteiger charge is 2.35. The quantitative estimate of drug-likeness (QED) is 0.810. The Labute approximate surface area is 132 Å². The van der Waals surface area contributed by atoms with Gasteiger partial charge in [0.2, 0.25) is 0 Å². The van der Waals surface area contributed by atoms with Crippen molar-refractivity contribution in [1.82, 2.24) is 5.32 Å². The van der Waals surface area contributed by atoms with E-state index in [9.17, 15) is 4.79 Å². The summed E-state index contributed by atoms with van der Waals surface area (Å²) in [6.45, 7) is 0. The average molecular weight is 359 g/mol. The third-order valence-corrected chi connectivity index (χ3v) is 4.65. The lowest BCUT2D eigenvalue weighted by atomic mass is 9.83. The molecule has 0 saturated heterocycles. The van der Waals surface area contributed by atoms with Gasteiger partial charge in [0.25, 0.3) is 5.91 Å². The highest BCUT2D eigenvalue weighted by atomic mass is 79.9. The standard InChI is InChI=1S/C14H19BrN2O2S/c15-11-7-6-10(19-11)12(18)17-14(13(16)20)8-4-2-1-3-5-9-14/h6-7H,1-5,8-9H2,(H2,16,20)(H,17,18). The number of nitrogens with two attached hydrogens (primary N) is 1. The first-order valence-corrected chi connectivity index (χ1v) is 8.11. The molecule has 4 nitrogen and oxygen atoms in total. The van der Waals surface area contributed by atoms with Crippen LogP contribution in [0.15, 0.2) is 21.2 Å². The summed E-state index contributed by atoms with van der Waals surface area (Å²) in [5.74, 6) is 0.0126. The Balaban J connectivity index is 2.15. The molecule has 1 aliphatic rings. The van der Waals surface area contributed by atoms with E-state index in [2.05, 4.69) is 21.2 Å². The topological polar surface area (TPSA) is 68.3 Å². The summed E-state index contributed by atoms with van der Waals surface area (Å²) in [6, 6.07) is 3.33. The van der Waals surface area contributed by atoms with E-state index >= 15 is 0 Å². The lowest BCUT2D eigenvalue weighted by molar-refractivity contribution is 0.0883. The van der Waals surface area contributed by atoms with Gasteiger partial charge < -0.3 is 15.5 Å². The fraction of sp³-hybridized carbons (Fsp3) is 0.571. The van der Waals surface area contributed by atoms with E-state index in [1.807, 2.05) is 0 Å². The summed E-state index contributed by atoms with van der Waals surface area (Å²) in [6.07, 6.45) is 7.22. The maximum absolute atomic E-state index is 12.3. The maximum Gasteiger partial charge on any atom is 0.287 e. The minimum absolute atomic E-state index is 0.260. The first kappa shape index (κ1) is 15.5. The van der Waals surface area contributed by atoms with Gasteiger partial charge in [0.1, 0.15) is 0 Å². The van der Waals surface area contributed by atoms with Crippen molar-refractivity contribution >= 4 is 39.0 Å². The molecule has 20 heavy (non-hydrogen) atoms. The Hall–Kier alpha value is -0.880. The third kappa shape index (κ3) is 3.61. The van der Waals surface area contributed by atoms with Crippen molar-refractivity contribution in [3.8, 4) is 0 Å². The number of hydrogen-bond donors (Lipinski definition) is 2. The second kappa shape index (κ2) is 6.72. The van der Waals surface area contributed by atoms with Gasteiger partial charge in [-0.1, -0.05) is 44.3 Å². The largest absolute Gasteiger partial charge is 0.444 e. The van der Waals surface area contributed by atoms with Crippen molar-refractivity contribution in [1.29, 1.82) is 0 Å². The van der Waals surface area contributed by atoms with Crippen LogP contribution in [0.1, 0.15) is 55.5 Å². The SMILES string of the molecule is NC(=S)C1(NC(=O)c2ccc(Br)o2)CCCCCCC1. The molecule has 6 heteroatoms. The number of hydrogen-bond acceptors (Lipinski definition) is 3. The molecule has 1 amide bonds. The van der Waals surface area contributed by atoms with Crippen molar-refractivity contribution in [2.24, 2.45) is 5.73 Å². The zero-order chi connectivity index (χ0) is 14.6. The first-order chi connectivity index (χ1) is 9.53. The highest BCUT2D eigenvalue weighted by molar-refractivity contribution is 9.10. The second-order valence-electron chi connectivity index (χ2n) is 5.27. The normalized spacial score (nSPS) is 18.9. The van der Waals surface area contributed by atoms with E-state index < -0.39 is 5.54 Å². The summed E-state index contributed by atoms with van der Waals surface area (Å²) < 4.78 is 5.82. The molecule has 0 aliphatic heterocycles. The monoisotopic (exact) mass is 358 g/mol. The predicted molar refractivity (Wildman–Crippen MR) is 85.7 cm³/mol. The molecule has 0 radical (unpaired) electrons. The van der Waals surface area contributed by atoms with Crippen LogP contribution in [0.25, 0.3) is 0 Å². The summed E-state index contributed by atoms with van der Waals surface area (Å²) in [5.41, 5.74) is 5.35. The highest BCUT2D eigenvalue weighted by Crippen LogP contribution is 2.27. The predicted octanol–water partition coefficient (Wildman–Crippen LogP) is 3.54. The third-order valence-electron chi connectivity index (χ3n) is 3.83. The molecule has 1 saturated carbocycles. The molecule has 110 valence electrons. The fourth-order valence-corrected chi connectivity index (χ4v) is 3.22. The summed E-state index contributed by atoms with van der Waals surface area (Å²) >= 11 is 8.42. The van der Waals surface area contributed by atoms with Gasteiger partial charge >= 0.3 is 0 Å². The Morgan fingerprint density at radius 2 is 1.85 bits per heavy atom. The van der Waals surface area contributed by atoms with E-state index in [4.69, 9.17) is 22.4 Å². The molecule has 3 N–H and O–H groups in total. The lowest BCUT2D eigenvalue weighted by Crippen LogP contribution is -2.56. The van der Waals surface area contributed by atoms with Crippen LogP contribution in [0.4, 0.5) is 0 Å². The van der Waals surface area contributed by atoms with Gasteiger partial charge in [0, 0.05) is 0 Å². The van der Waals surface area contributed by atoms with Crippen LogP contribution in [0.5, 0.6) is 0 Å². The molecule has 1 aromatic rings. The van der Waals surface area contributed by atoms with Gasteiger partial charge in [-0.05, 0) is 40.9 Å². The van der Waals surface area contributed by atoms with Crippen LogP contribution in [0, 0.1) is 0 Å². The molecule has 1 aliphatic carbocycles. The number of carbonyl (C=O) groups excluding carboxylic acids is 1. The second-order valence-corrected chi connectivity index (χ2v) is 6.49. The summed E-state index contributed by atoms with van der Waals surface area (Å²) in [7, 11) is 0. The number of carbonyl (C=O) groups is 1. The zero-order valence-corrected chi connectivity index (χ0v) is 13.7. The van der Waals surface area contributed by atoms with Crippen LogP contribution in [-0.4, -0.2) is 16.4 Å². The van der Waals surface area contributed by atoms with Gasteiger partial charge in [-0.3, -0.25) is 4.79 Å². The molecule has 1 fully saturated rings. The average Bonchev–Trinajstić information content (AvgIpc) is 2.79. The first-order valence-electron chi connectivity index (χ1n) is 6.91. The smallest absolute Gasteiger partial charge is 0.287 e. The summed E-state index contributed by atoms with van der Waals surface area (Å²) in [5, 5.41) is 3.01. The van der Waals surface area contributed by atoms with Crippen molar-refractivity contribution in [2.45, 2.75) is 50.5 Å². The number of thiocarbonyl (C=S) groups is 1. The molecule has 0 aromatic carbocycles. The molecule has 1 heterocycles. The molecule has 1 aromatic heterocycles. The van der Waals surface area contributed by atoms with Crippen LogP contribution in [0.2, 0.25) is 0 Å². The van der Waals surface area contributed by atoms with E-state index in [-0.39, 0.29) is 11.7 Å². The zero-order valence-electron chi connectivity index (χ0n) is 11.3. The fourth-order valence-electron chi connectivity index (χ4n) is 2.66. The Morgan fingerprint density at radius 1 is 1.25 bits per heavy atom. The Bertz CT molecular complexity index is 493. The van der Waals surface area contributed by atoms with Crippen LogP contribution < -0.4 is 11.1 Å².